The third-order valence-corrected chi connectivity index (χ3v) is 4.87. The lowest BCUT2D eigenvalue weighted by Gasteiger charge is -2.38. The summed E-state index contributed by atoms with van der Waals surface area (Å²) < 4.78 is 5.07. The second kappa shape index (κ2) is 8.11. The van der Waals surface area contributed by atoms with Crippen LogP contribution in [-0.4, -0.2) is 53.3 Å². The number of thiocarbonyl (C=S) groups is 1. The van der Waals surface area contributed by atoms with E-state index in [1.807, 2.05) is 30.5 Å². The average molecular weight is 357 g/mol. The molecule has 1 aliphatic rings. The van der Waals surface area contributed by atoms with Crippen LogP contribution in [0.3, 0.4) is 0 Å². The van der Waals surface area contributed by atoms with E-state index in [1.54, 1.807) is 13.3 Å². The Hall–Kier alpha value is -2.41. The van der Waals surface area contributed by atoms with E-state index in [9.17, 15) is 0 Å². The van der Waals surface area contributed by atoms with Gasteiger partial charge in [-0.15, -0.1) is 0 Å². The smallest absolute Gasteiger partial charge is 0.213 e. The molecule has 1 aliphatic heterocycles. The Bertz CT molecular complexity index is 686. The number of hydrogen-bond donors (Lipinski definition) is 1. The van der Waals surface area contributed by atoms with Crippen LogP contribution in [0.1, 0.15) is 12.8 Å². The number of nitrogens with zero attached hydrogens (tertiary/aromatic N) is 4. The average Bonchev–Trinajstić information content (AvgIpc) is 2.69. The molecule has 2 aromatic heterocycles. The summed E-state index contributed by atoms with van der Waals surface area (Å²) in [6.07, 6.45) is 5.67. The number of piperidine rings is 1. The van der Waals surface area contributed by atoms with Crippen molar-refractivity contribution in [3.8, 4) is 5.88 Å². The minimum Gasteiger partial charge on any atom is -0.481 e. The summed E-state index contributed by atoms with van der Waals surface area (Å²) >= 11 is 5.54. The predicted octanol–water partition coefficient (Wildman–Crippen LogP) is 2.78. The predicted molar refractivity (Wildman–Crippen MR) is 104 cm³/mol. The molecule has 3 heterocycles. The molecule has 7 heteroatoms. The van der Waals surface area contributed by atoms with Crippen LogP contribution in [0, 0.1) is 0 Å². The molecular formula is C18H23N5OS. The van der Waals surface area contributed by atoms with Crippen molar-refractivity contribution in [1.29, 1.82) is 0 Å². The highest BCUT2D eigenvalue weighted by molar-refractivity contribution is 7.80. The minimum atomic E-state index is 0.483. The van der Waals surface area contributed by atoms with Crippen LogP contribution in [0.2, 0.25) is 0 Å². The summed E-state index contributed by atoms with van der Waals surface area (Å²) in [6.45, 7) is 1.86. The first-order valence-electron chi connectivity index (χ1n) is 8.37. The molecule has 25 heavy (non-hydrogen) atoms. The molecule has 2 aromatic rings. The van der Waals surface area contributed by atoms with Crippen molar-refractivity contribution < 1.29 is 4.74 Å². The first-order valence-corrected chi connectivity index (χ1v) is 8.78. The van der Waals surface area contributed by atoms with Crippen molar-refractivity contribution in [3.63, 3.8) is 0 Å². The topological polar surface area (TPSA) is 53.5 Å². The number of nitrogens with one attached hydrogen (secondary N) is 1. The number of aromatic nitrogens is 2. The molecule has 0 bridgehead atoms. The van der Waals surface area contributed by atoms with Gasteiger partial charge in [-0.05, 0) is 43.3 Å². The van der Waals surface area contributed by atoms with E-state index in [2.05, 4.69) is 38.2 Å². The zero-order valence-electron chi connectivity index (χ0n) is 14.6. The minimum absolute atomic E-state index is 0.483. The fraction of sp³-hybridized carbons (Fsp3) is 0.389. The van der Waals surface area contributed by atoms with E-state index in [1.165, 1.54) is 0 Å². The largest absolute Gasteiger partial charge is 0.481 e. The van der Waals surface area contributed by atoms with Gasteiger partial charge in [0.15, 0.2) is 5.11 Å². The molecule has 0 aliphatic carbocycles. The van der Waals surface area contributed by atoms with Gasteiger partial charge in [-0.1, -0.05) is 6.07 Å². The lowest BCUT2D eigenvalue weighted by molar-refractivity contribution is 0.311. The van der Waals surface area contributed by atoms with Gasteiger partial charge in [0, 0.05) is 38.4 Å². The highest BCUT2D eigenvalue weighted by Gasteiger charge is 2.24. The van der Waals surface area contributed by atoms with E-state index < -0.39 is 0 Å². The van der Waals surface area contributed by atoms with Crippen molar-refractivity contribution >= 4 is 28.8 Å². The lowest BCUT2D eigenvalue weighted by atomic mass is 10.0. The van der Waals surface area contributed by atoms with Gasteiger partial charge in [-0.2, -0.15) is 0 Å². The van der Waals surface area contributed by atoms with Gasteiger partial charge in [0.2, 0.25) is 5.88 Å². The third-order valence-electron chi connectivity index (χ3n) is 4.51. The Labute approximate surface area is 153 Å². The van der Waals surface area contributed by atoms with Gasteiger partial charge in [0.1, 0.15) is 5.82 Å². The molecule has 0 spiro atoms. The summed E-state index contributed by atoms with van der Waals surface area (Å²) in [5.74, 6) is 1.61. The van der Waals surface area contributed by atoms with Crippen LogP contribution in [0.15, 0.2) is 42.7 Å². The number of pyridine rings is 2. The summed E-state index contributed by atoms with van der Waals surface area (Å²) in [5.41, 5.74) is 0.874. The van der Waals surface area contributed by atoms with Crippen molar-refractivity contribution in [2.24, 2.45) is 0 Å². The zero-order valence-corrected chi connectivity index (χ0v) is 15.4. The molecule has 0 unspecified atom stereocenters. The van der Waals surface area contributed by atoms with Crippen LogP contribution in [0.25, 0.3) is 0 Å². The van der Waals surface area contributed by atoms with Crippen LogP contribution in [-0.2, 0) is 0 Å². The Kier molecular flexibility index (Phi) is 5.65. The Morgan fingerprint density at radius 2 is 2.04 bits per heavy atom. The number of methoxy groups -OCH3 is 1. The summed E-state index contributed by atoms with van der Waals surface area (Å²) in [6, 6.07) is 10.2. The summed E-state index contributed by atoms with van der Waals surface area (Å²) in [7, 11) is 3.72. The lowest BCUT2D eigenvalue weighted by Crippen LogP contribution is -2.47. The molecule has 1 N–H and O–H groups in total. The monoisotopic (exact) mass is 357 g/mol. The molecule has 0 saturated carbocycles. The molecular weight excluding hydrogens is 334 g/mol. The van der Waals surface area contributed by atoms with Crippen LogP contribution in [0.5, 0.6) is 5.88 Å². The highest BCUT2D eigenvalue weighted by atomic mass is 32.1. The van der Waals surface area contributed by atoms with E-state index >= 15 is 0 Å². The fourth-order valence-corrected chi connectivity index (χ4v) is 3.28. The highest BCUT2D eigenvalue weighted by Crippen LogP contribution is 2.21. The Morgan fingerprint density at radius 3 is 2.64 bits per heavy atom. The van der Waals surface area contributed by atoms with Crippen LogP contribution < -0.4 is 15.0 Å². The van der Waals surface area contributed by atoms with Crippen LogP contribution >= 0.6 is 12.2 Å². The standard InChI is InChI=1S/C18H23N5OS/c1-22(16-5-3-4-10-19-16)15-8-11-23(12-9-15)18(25)21-14-6-7-17(24-2)20-13-14/h3-7,10,13,15H,8-9,11-12H2,1-2H3,(H,21,25). The SMILES string of the molecule is COc1ccc(NC(=S)N2CCC(N(C)c3ccccn3)CC2)cn1. The van der Waals surface area contributed by atoms with Crippen molar-refractivity contribution in [3.05, 3.63) is 42.7 Å². The molecule has 1 saturated heterocycles. The number of likely N-dealkylation sites (tertiary alicyclic amines) is 1. The molecule has 132 valence electrons. The maximum absolute atomic E-state index is 5.54. The zero-order chi connectivity index (χ0) is 17.6. The molecule has 0 radical (unpaired) electrons. The maximum atomic E-state index is 5.54. The van der Waals surface area contributed by atoms with Gasteiger partial charge in [-0.3, -0.25) is 0 Å². The number of hydrogen-bond acceptors (Lipinski definition) is 5. The maximum Gasteiger partial charge on any atom is 0.213 e. The van der Waals surface area contributed by atoms with Crippen molar-refractivity contribution in [2.75, 3.05) is 37.5 Å². The van der Waals surface area contributed by atoms with Gasteiger partial charge in [-0.25, -0.2) is 9.97 Å². The van der Waals surface area contributed by atoms with E-state index in [-0.39, 0.29) is 0 Å². The molecule has 6 nitrogen and oxygen atoms in total. The first kappa shape index (κ1) is 17.4. The summed E-state index contributed by atoms with van der Waals surface area (Å²) in [5, 5.41) is 3.99. The fourth-order valence-electron chi connectivity index (χ4n) is 2.98. The molecule has 0 amide bonds. The van der Waals surface area contributed by atoms with Crippen LogP contribution in [0.4, 0.5) is 11.5 Å². The number of anilines is 2. The van der Waals surface area contributed by atoms with Crippen molar-refractivity contribution in [2.45, 2.75) is 18.9 Å². The van der Waals surface area contributed by atoms with Crippen molar-refractivity contribution in [1.82, 2.24) is 14.9 Å². The molecule has 0 atom stereocenters. The quantitative estimate of drug-likeness (QED) is 0.845. The van der Waals surface area contributed by atoms with Gasteiger partial charge in [0.25, 0.3) is 0 Å². The molecule has 3 rings (SSSR count). The molecule has 1 fully saturated rings. The Morgan fingerprint density at radius 1 is 1.24 bits per heavy atom. The van der Waals surface area contributed by atoms with Gasteiger partial charge < -0.3 is 19.9 Å². The second-order valence-corrected chi connectivity index (χ2v) is 6.42. The number of rotatable bonds is 4. The molecule has 0 aromatic carbocycles. The number of ether oxygens (including phenoxy) is 1. The van der Waals surface area contributed by atoms with E-state index in [0.717, 1.165) is 42.5 Å². The van der Waals surface area contributed by atoms with Gasteiger partial charge in [0.05, 0.1) is 19.0 Å². The van der Waals surface area contributed by atoms with Gasteiger partial charge >= 0.3 is 0 Å². The summed E-state index contributed by atoms with van der Waals surface area (Å²) in [4.78, 5) is 13.1. The first-order chi connectivity index (χ1) is 12.2. The van der Waals surface area contributed by atoms with E-state index in [0.29, 0.717) is 11.9 Å². The Balaban J connectivity index is 1.52. The third kappa shape index (κ3) is 4.36. The normalized spacial score (nSPS) is 14.9. The van der Waals surface area contributed by atoms with E-state index in [4.69, 9.17) is 17.0 Å². The second-order valence-electron chi connectivity index (χ2n) is 6.04.